The van der Waals surface area contributed by atoms with Gasteiger partial charge in [-0.05, 0) is 42.9 Å². The highest BCUT2D eigenvalue weighted by Gasteiger charge is 2.34. The lowest BCUT2D eigenvalue weighted by Crippen LogP contribution is -2.54. The molecule has 1 saturated heterocycles. The minimum absolute atomic E-state index is 0. The van der Waals surface area contributed by atoms with Gasteiger partial charge in [0.25, 0.3) is 0 Å². The minimum atomic E-state index is 0. The van der Waals surface area contributed by atoms with Crippen molar-refractivity contribution in [2.45, 2.75) is 46.1 Å². The fourth-order valence-electron chi connectivity index (χ4n) is 2.92. The summed E-state index contributed by atoms with van der Waals surface area (Å²) >= 11 is 0. The molecule has 1 aromatic rings. The third-order valence-electron chi connectivity index (χ3n) is 4.53. The fourth-order valence-corrected chi connectivity index (χ4v) is 2.92. The molecule has 1 heterocycles. The molecule has 0 radical (unpaired) electrons. The standard InChI is InChI=1S/C18H28N2O2.ClH/c1-4-22-15-8-5-14(6-9-15)7-10-17(21)20-12-11-16(19)18(2,3)13-20;/h5-6,8-9,16H,4,7,10-13,19H2,1-3H3;1H. The maximum absolute atomic E-state index is 12.4. The van der Waals surface area contributed by atoms with E-state index in [4.69, 9.17) is 10.5 Å². The van der Waals surface area contributed by atoms with Crippen LogP contribution in [0.15, 0.2) is 24.3 Å². The summed E-state index contributed by atoms with van der Waals surface area (Å²) in [5, 5.41) is 0. The topological polar surface area (TPSA) is 55.6 Å². The molecular weight excluding hydrogens is 312 g/mol. The van der Waals surface area contributed by atoms with E-state index in [2.05, 4.69) is 13.8 Å². The van der Waals surface area contributed by atoms with Gasteiger partial charge in [0.2, 0.25) is 5.91 Å². The van der Waals surface area contributed by atoms with Crippen molar-refractivity contribution in [3.8, 4) is 5.75 Å². The lowest BCUT2D eigenvalue weighted by molar-refractivity contribution is -0.134. The Labute approximate surface area is 145 Å². The summed E-state index contributed by atoms with van der Waals surface area (Å²) in [6, 6.07) is 8.18. The average Bonchev–Trinajstić information content (AvgIpc) is 2.49. The summed E-state index contributed by atoms with van der Waals surface area (Å²) in [6.07, 6.45) is 2.22. The Balaban J connectivity index is 0.00000264. The first-order valence-corrected chi connectivity index (χ1v) is 8.17. The normalized spacial score (nSPS) is 19.8. The molecule has 2 N–H and O–H groups in total. The number of amides is 1. The first-order valence-electron chi connectivity index (χ1n) is 8.17. The lowest BCUT2D eigenvalue weighted by atomic mass is 9.79. The predicted octanol–water partition coefficient (Wildman–Crippen LogP) is 3.03. The van der Waals surface area contributed by atoms with Crippen molar-refractivity contribution in [2.75, 3.05) is 19.7 Å². The zero-order valence-electron chi connectivity index (χ0n) is 14.4. The molecule has 2 rings (SSSR count). The van der Waals surface area contributed by atoms with Crippen LogP contribution in [0.2, 0.25) is 0 Å². The van der Waals surface area contributed by atoms with Crippen LogP contribution in [0.25, 0.3) is 0 Å². The lowest BCUT2D eigenvalue weighted by Gasteiger charge is -2.42. The highest BCUT2D eigenvalue weighted by molar-refractivity contribution is 5.85. The molecule has 1 aliphatic rings. The molecule has 1 fully saturated rings. The Morgan fingerprint density at radius 1 is 1.35 bits per heavy atom. The number of likely N-dealkylation sites (tertiary alicyclic amines) is 1. The number of aryl methyl sites for hydroxylation is 1. The number of piperidine rings is 1. The van der Waals surface area contributed by atoms with Crippen LogP contribution in [0.3, 0.4) is 0 Å². The molecular formula is C18H29ClN2O2. The number of benzene rings is 1. The van der Waals surface area contributed by atoms with Crippen LogP contribution in [0.4, 0.5) is 0 Å². The monoisotopic (exact) mass is 340 g/mol. The molecule has 4 nitrogen and oxygen atoms in total. The van der Waals surface area contributed by atoms with Gasteiger partial charge in [-0.25, -0.2) is 0 Å². The van der Waals surface area contributed by atoms with E-state index >= 15 is 0 Å². The van der Waals surface area contributed by atoms with Gasteiger partial charge in [-0.2, -0.15) is 0 Å². The minimum Gasteiger partial charge on any atom is -0.494 e. The maximum Gasteiger partial charge on any atom is 0.222 e. The second kappa shape index (κ2) is 8.55. The van der Waals surface area contributed by atoms with Crippen molar-refractivity contribution in [2.24, 2.45) is 11.1 Å². The molecule has 130 valence electrons. The van der Waals surface area contributed by atoms with Crippen molar-refractivity contribution in [1.29, 1.82) is 0 Å². The first kappa shape index (κ1) is 19.8. The van der Waals surface area contributed by atoms with Crippen LogP contribution in [0.5, 0.6) is 5.75 Å². The first-order chi connectivity index (χ1) is 10.4. The summed E-state index contributed by atoms with van der Waals surface area (Å²) in [7, 11) is 0. The van der Waals surface area contributed by atoms with Gasteiger partial charge in [-0.1, -0.05) is 26.0 Å². The zero-order valence-corrected chi connectivity index (χ0v) is 15.2. The van der Waals surface area contributed by atoms with Gasteiger partial charge in [-0.15, -0.1) is 12.4 Å². The molecule has 1 aromatic carbocycles. The van der Waals surface area contributed by atoms with E-state index in [1.54, 1.807) is 0 Å². The smallest absolute Gasteiger partial charge is 0.222 e. The third kappa shape index (κ3) is 5.40. The summed E-state index contributed by atoms with van der Waals surface area (Å²) in [5.41, 5.74) is 7.31. The summed E-state index contributed by atoms with van der Waals surface area (Å²) in [4.78, 5) is 14.4. The molecule has 1 unspecified atom stereocenters. The Morgan fingerprint density at radius 3 is 2.57 bits per heavy atom. The van der Waals surface area contributed by atoms with Crippen LogP contribution in [0, 0.1) is 5.41 Å². The molecule has 1 aliphatic heterocycles. The summed E-state index contributed by atoms with van der Waals surface area (Å²) in [6.45, 7) is 8.47. The van der Waals surface area contributed by atoms with Crippen molar-refractivity contribution in [1.82, 2.24) is 4.90 Å². The number of nitrogens with zero attached hydrogens (tertiary/aromatic N) is 1. The third-order valence-corrected chi connectivity index (χ3v) is 4.53. The van der Waals surface area contributed by atoms with E-state index in [1.807, 2.05) is 36.1 Å². The Morgan fingerprint density at radius 2 is 2.00 bits per heavy atom. The molecule has 0 aromatic heterocycles. The van der Waals surface area contributed by atoms with Gasteiger partial charge >= 0.3 is 0 Å². The van der Waals surface area contributed by atoms with E-state index in [1.165, 1.54) is 5.56 Å². The number of carbonyl (C=O) groups excluding carboxylic acids is 1. The maximum atomic E-state index is 12.4. The van der Waals surface area contributed by atoms with Crippen LogP contribution in [-0.2, 0) is 11.2 Å². The zero-order chi connectivity index (χ0) is 16.2. The van der Waals surface area contributed by atoms with Crippen LogP contribution < -0.4 is 10.5 Å². The molecule has 1 amide bonds. The molecule has 0 aliphatic carbocycles. The molecule has 0 saturated carbocycles. The molecule has 1 atom stereocenters. The Hall–Kier alpha value is -1.26. The van der Waals surface area contributed by atoms with Crippen molar-refractivity contribution < 1.29 is 9.53 Å². The van der Waals surface area contributed by atoms with Crippen molar-refractivity contribution in [3.05, 3.63) is 29.8 Å². The molecule has 5 heteroatoms. The van der Waals surface area contributed by atoms with E-state index in [9.17, 15) is 4.79 Å². The van der Waals surface area contributed by atoms with Crippen LogP contribution >= 0.6 is 12.4 Å². The number of rotatable bonds is 5. The van der Waals surface area contributed by atoms with Crippen LogP contribution in [-0.4, -0.2) is 36.5 Å². The molecule has 23 heavy (non-hydrogen) atoms. The second-order valence-electron chi connectivity index (χ2n) is 6.78. The van der Waals surface area contributed by atoms with Gasteiger partial charge in [0.05, 0.1) is 6.61 Å². The van der Waals surface area contributed by atoms with E-state index in [0.717, 1.165) is 31.7 Å². The Kier molecular flexibility index (Phi) is 7.36. The quantitative estimate of drug-likeness (QED) is 0.896. The van der Waals surface area contributed by atoms with E-state index in [0.29, 0.717) is 13.0 Å². The molecule has 0 spiro atoms. The fraction of sp³-hybridized carbons (Fsp3) is 0.611. The van der Waals surface area contributed by atoms with Gasteiger partial charge in [0.1, 0.15) is 5.75 Å². The van der Waals surface area contributed by atoms with Gasteiger partial charge in [0, 0.05) is 25.6 Å². The SMILES string of the molecule is CCOc1ccc(CCC(=O)N2CCC(N)C(C)(C)C2)cc1.Cl. The molecule has 0 bridgehead atoms. The van der Waals surface area contributed by atoms with Crippen molar-refractivity contribution in [3.63, 3.8) is 0 Å². The van der Waals surface area contributed by atoms with Crippen molar-refractivity contribution >= 4 is 18.3 Å². The highest BCUT2D eigenvalue weighted by atomic mass is 35.5. The number of hydrogen-bond acceptors (Lipinski definition) is 3. The number of ether oxygens (including phenoxy) is 1. The van der Waals surface area contributed by atoms with Gasteiger partial charge in [0.15, 0.2) is 0 Å². The highest BCUT2D eigenvalue weighted by Crippen LogP contribution is 2.28. The van der Waals surface area contributed by atoms with Crippen LogP contribution in [0.1, 0.15) is 39.2 Å². The van der Waals surface area contributed by atoms with E-state index in [-0.39, 0.29) is 29.8 Å². The average molecular weight is 341 g/mol. The Bertz CT molecular complexity index is 502. The largest absolute Gasteiger partial charge is 0.494 e. The number of halogens is 1. The van der Waals surface area contributed by atoms with Gasteiger partial charge < -0.3 is 15.4 Å². The summed E-state index contributed by atoms with van der Waals surface area (Å²) in [5.74, 6) is 1.11. The summed E-state index contributed by atoms with van der Waals surface area (Å²) < 4.78 is 5.43. The second-order valence-corrected chi connectivity index (χ2v) is 6.78. The van der Waals surface area contributed by atoms with Gasteiger partial charge in [-0.3, -0.25) is 4.79 Å². The van der Waals surface area contributed by atoms with E-state index < -0.39 is 0 Å². The number of nitrogens with two attached hydrogens (primary N) is 1. The number of carbonyl (C=O) groups is 1. The number of hydrogen-bond donors (Lipinski definition) is 1. The predicted molar refractivity (Wildman–Crippen MR) is 96.1 cm³/mol.